The van der Waals surface area contributed by atoms with E-state index in [0.29, 0.717) is 19.6 Å². The van der Waals surface area contributed by atoms with Crippen molar-refractivity contribution in [3.63, 3.8) is 0 Å². The van der Waals surface area contributed by atoms with Crippen molar-refractivity contribution in [2.45, 2.75) is 19.5 Å². The van der Waals surface area contributed by atoms with Gasteiger partial charge in [0.25, 0.3) is 0 Å². The molecule has 1 fully saturated rings. The Morgan fingerprint density at radius 2 is 2.36 bits per heavy atom. The number of nitrogens with zero attached hydrogens (tertiary/aromatic N) is 2. The van der Waals surface area contributed by atoms with Crippen LogP contribution in [-0.4, -0.2) is 35.2 Å². The van der Waals surface area contributed by atoms with Gasteiger partial charge in [-0.2, -0.15) is 11.3 Å². The summed E-state index contributed by atoms with van der Waals surface area (Å²) in [7, 11) is 1.79. The lowest BCUT2D eigenvalue weighted by atomic mass is 10.1. The molecule has 3 heterocycles. The van der Waals surface area contributed by atoms with Crippen LogP contribution in [0.5, 0.6) is 0 Å². The Kier molecular flexibility index (Phi) is 4.29. The molecule has 116 valence electrons. The molecule has 2 aromatic heterocycles. The molecule has 0 aromatic carbocycles. The van der Waals surface area contributed by atoms with Crippen molar-refractivity contribution in [2.24, 2.45) is 5.92 Å². The number of amides is 2. The average Bonchev–Trinajstić information content (AvgIpc) is 3.22. The highest BCUT2D eigenvalue weighted by atomic mass is 32.1. The predicted octanol–water partition coefficient (Wildman–Crippen LogP) is 2.35. The molecule has 0 unspecified atom stereocenters. The van der Waals surface area contributed by atoms with Gasteiger partial charge in [-0.1, -0.05) is 0 Å². The first-order chi connectivity index (χ1) is 10.6. The highest BCUT2D eigenvalue weighted by Crippen LogP contribution is 2.22. The number of carbonyl (C=O) groups is 2. The Balaban J connectivity index is 1.58. The van der Waals surface area contributed by atoms with Crippen molar-refractivity contribution in [2.75, 3.05) is 13.6 Å². The van der Waals surface area contributed by atoms with E-state index < -0.39 is 0 Å². The Labute approximate surface area is 133 Å². The molecule has 22 heavy (non-hydrogen) atoms. The minimum absolute atomic E-state index is 0.0127. The van der Waals surface area contributed by atoms with Crippen molar-refractivity contribution in [1.29, 1.82) is 0 Å². The molecule has 1 aliphatic heterocycles. The molecule has 2 amide bonds. The first kappa shape index (κ1) is 14.8. The maximum Gasteiger partial charge on any atom is 0.228 e. The SMILES string of the molecule is CN(Cc1ccsc1)C(=O)[C@@H]1CC(=O)N(Cc2ccco2)C1. The second-order valence-electron chi connectivity index (χ2n) is 5.58. The summed E-state index contributed by atoms with van der Waals surface area (Å²) in [6, 6.07) is 5.65. The minimum Gasteiger partial charge on any atom is -0.467 e. The zero-order valence-electron chi connectivity index (χ0n) is 12.4. The average molecular weight is 318 g/mol. The van der Waals surface area contributed by atoms with E-state index in [2.05, 4.69) is 0 Å². The largest absolute Gasteiger partial charge is 0.467 e. The number of hydrogen-bond donors (Lipinski definition) is 0. The van der Waals surface area contributed by atoms with Gasteiger partial charge in [-0.05, 0) is 34.5 Å². The van der Waals surface area contributed by atoms with Crippen molar-refractivity contribution in [1.82, 2.24) is 9.80 Å². The van der Waals surface area contributed by atoms with Gasteiger partial charge >= 0.3 is 0 Å². The molecule has 0 radical (unpaired) electrons. The number of rotatable bonds is 5. The summed E-state index contributed by atoms with van der Waals surface area (Å²) in [6.45, 7) is 1.49. The lowest BCUT2D eigenvalue weighted by Crippen LogP contribution is -2.34. The van der Waals surface area contributed by atoms with Crippen LogP contribution >= 0.6 is 11.3 Å². The highest BCUT2D eigenvalue weighted by molar-refractivity contribution is 7.07. The molecule has 1 atom stereocenters. The van der Waals surface area contributed by atoms with E-state index in [-0.39, 0.29) is 24.2 Å². The van der Waals surface area contributed by atoms with E-state index >= 15 is 0 Å². The fourth-order valence-electron chi connectivity index (χ4n) is 2.73. The molecule has 3 rings (SSSR count). The molecule has 0 aliphatic carbocycles. The number of thiophene rings is 1. The Bertz CT molecular complexity index is 636. The molecule has 0 N–H and O–H groups in total. The van der Waals surface area contributed by atoms with E-state index in [4.69, 9.17) is 4.42 Å². The van der Waals surface area contributed by atoms with E-state index in [1.807, 2.05) is 22.9 Å². The predicted molar refractivity (Wildman–Crippen MR) is 83.0 cm³/mol. The summed E-state index contributed by atoms with van der Waals surface area (Å²) in [4.78, 5) is 28.0. The standard InChI is InChI=1S/C16H18N2O3S/c1-17(8-12-4-6-22-11-12)16(20)13-7-15(19)18(9-13)10-14-3-2-5-21-14/h2-6,11,13H,7-10H2,1H3/t13-/m1/s1. The molecular weight excluding hydrogens is 300 g/mol. The maximum atomic E-state index is 12.5. The van der Waals surface area contributed by atoms with Gasteiger partial charge in [0, 0.05) is 26.6 Å². The molecule has 0 bridgehead atoms. The van der Waals surface area contributed by atoms with Gasteiger partial charge in [0.2, 0.25) is 11.8 Å². The van der Waals surface area contributed by atoms with Gasteiger partial charge in [0.05, 0.1) is 18.7 Å². The van der Waals surface area contributed by atoms with Gasteiger partial charge < -0.3 is 14.2 Å². The summed E-state index contributed by atoms with van der Waals surface area (Å²) in [5.41, 5.74) is 1.12. The fourth-order valence-corrected chi connectivity index (χ4v) is 3.39. The smallest absolute Gasteiger partial charge is 0.228 e. The van der Waals surface area contributed by atoms with Crippen LogP contribution in [0.15, 0.2) is 39.6 Å². The van der Waals surface area contributed by atoms with E-state index in [1.165, 1.54) is 0 Å². The zero-order chi connectivity index (χ0) is 15.5. The van der Waals surface area contributed by atoms with E-state index in [1.54, 1.807) is 40.5 Å². The van der Waals surface area contributed by atoms with Crippen LogP contribution < -0.4 is 0 Å². The highest BCUT2D eigenvalue weighted by Gasteiger charge is 2.35. The van der Waals surface area contributed by atoms with E-state index in [9.17, 15) is 9.59 Å². The maximum absolute atomic E-state index is 12.5. The third-order valence-electron chi connectivity index (χ3n) is 3.87. The Morgan fingerprint density at radius 1 is 1.50 bits per heavy atom. The van der Waals surface area contributed by atoms with Crippen LogP contribution in [0.4, 0.5) is 0 Å². The first-order valence-electron chi connectivity index (χ1n) is 7.19. The van der Waals surface area contributed by atoms with Crippen LogP contribution in [0.2, 0.25) is 0 Å². The van der Waals surface area contributed by atoms with Gasteiger partial charge in [-0.3, -0.25) is 9.59 Å². The third kappa shape index (κ3) is 3.22. The number of hydrogen-bond acceptors (Lipinski definition) is 4. The van der Waals surface area contributed by atoms with Crippen molar-refractivity contribution in [3.8, 4) is 0 Å². The summed E-state index contributed by atoms with van der Waals surface area (Å²) in [6.07, 6.45) is 1.88. The van der Waals surface area contributed by atoms with E-state index in [0.717, 1.165) is 11.3 Å². The van der Waals surface area contributed by atoms with Crippen LogP contribution in [0, 0.1) is 5.92 Å². The zero-order valence-corrected chi connectivity index (χ0v) is 13.2. The quantitative estimate of drug-likeness (QED) is 0.850. The van der Waals surface area contributed by atoms with Crippen molar-refractivity contribution >= 4 is 23.2 Å². The monoisotopic (exact) mass is 318 g/mol. The van der Waals surface area contributed by atoms with Gasteiger partial charge in [-0.25, -0.2) is 0 Å². The van der Waals surface area contributed by atoms with Crippen LogP contribution in [0.25, 0.3) is 0 Å². The van der Waals surface area contributed by atoms with Crippen LogP contribution in [-0.2, 0) is 22.7 Å². The van der Waals surface area contributed by atoms with Crippen molar-refractivity contribution < 1.29 is 14.0 Å². The molecule has 0 spiro atoms. The molecular formula is C16H18N2O3S. The summed E-state index contributed by atoms with van der Waals surface area (Å²) >= 11 is 1.62. The number of carbonyl (C=O) groups excluding carboxylic acids is 2. The van der Waals surface area contributed by atoms with Crippen molar-refractivity contribution in [3.05, 3.63) is 46.5 Å². The number of furan rings is 1. The Hall–Kier alpha value is -2.08. The normalized spacial score (nSPS) is 18.0. The molecule has 6 heteroatoms. The second-order valence-corrected chi connectivity index (χ2v) is 6.36. The molecule has 5 nitrogen and oxygen atoms in total. The van der Waals surface area contributed by atoms with Gasteiger partial charge in [0.15, 0.2) is 0 Å². The molecule has 1 saturated heterocycles. The minimum atomic E-state index is -0.258. The Morgan fingerprint density at radius 3 is 3.05 bits per heavy atom. The topological polar surface area (TPSA) is 53.8 Å². The van der Waals surface area contributed by atoms with Gasteiger partial charge in [0.1, 0.15) is 5.76 Å². The molecule has 2 aromatic rings. The number of likely N-dealkylation sites (tertiary alicyclic amines) is 1. The van der Waals surface area contributed by atoms with Gasteiger partial charge in [-0.15, -0.1) is 0 Å². The lowest BCUT2D eigenvalue weighted by molar-refractivity contribution is -0.135. The summed E-state index contributed by atoms with van der Waals surface area (Å²) < 4.78 is 5.27. The lowest BCUT2D eigenvalue weighted by Gasteiger charge is -2.20. The third-order valence-corrected chi connectivity index (χ3v) is 4.60. The molecule has 1 aliphatic rings. The fraction of sp³-hybridized carbons (Fsp3) is 0.375. The first-order valence-corrected chi connectivity index (χ1v) is 8.14. The summed E-state index contributed by atoms with van der Waals surface area (Å²) in [5.74, 6) is 0.527. The van der Waals surface area contributed by atoms with Crippen LogP contribution in [0.3, 0.4) is 0 Å². The van der Waals surface area contributed by atoms with Crippen LogP contribution in [0.1, 0.15) is 17.7 Å². The summed E-state index contributed by atoms with van der Waals surface area (Å²) in [5, 5.41) is 4.03. The molecule has 0 saturated carbocycles. The second kappa shape index (κ2) is 6.36.